The normalized spacial score (nSPS) is 14.7. The summed E-state index contributed by atoms with van der Waals surface area (Å²) in [6.07, 6.45) is 6.14. The zero-order valence-corrected chi connectivity index (χ0v) is 18.1. The fourth-order valence-corrected chi connectivity index (χ4v) is 4.61. The van der Waals surface area contributed by atoms with E-state index >= 15 is 0 Å². The molecule has 3 heterocycles. The van der Waals surface area contributed by atoms with Crippen molar-refractivity contribution in [3.05, 3.63) is 71.8 Å². The fourth-order valence-electron chi connectivity index (χ4n) is 3.52. The van der Waals surface area contributed by atoms with Gasteiger partial charge in [0.05, 0.1) is 0 Å². The van der Waals surface area contributed by atoms with Gasteiger partial charge in [0.2, 0.25) is 0 Å². The largest absolute Gasteiger partial charge is 0.415 e. The molecule has 0 atom stereocenters. The third-order valence-electron chi connectivity index (χ3n) is 5.21. The minimum Gasteiger partial charge on any atom is -0.410 e. The zero-order chi connectivity index (χ0) is 20.9. The number of amides is 1. The van der Waals surface area contributed by atoms with Crippen LogP contribution in [-0.2, 0) is 13.5 Å². The third-order valence-corrected chi connectivity index (χ3v) is 6.62. The molecule has 0 radical (unpaired) electrons. The predicted octanol–water partition coefficient (Wildman–Crippen LogP) is 4.47. The van der Waals surface area contributed by atoms with Crippen LogP contribution in [-0.4, -0.2) is 43.9 Å². The number of hydrogen-bond donors (Lipinski definition) is 0. The molecule has 0 saturated carbocycles. The number of likely N-dealkylation sites (tertiary alicyclic amines) is 1. The highest BCUT2D eigenvalue weighted by Gasteiger charge is 2.25. The molecule has 2 aromatic heterocycles. The fraction of sp³-hybridized carbons (Fsp3) is 0.348. The molecule has 4 rings (SSSR count). The van der Waals surface area contributed by atoms with Crippen LogP contribution in [0.3, 0.4) is 0 Å². The first-order chi connectivity index (χ1) is 14.6. The molecule has 1 fully saturated rings. The Hall–Kier alpha value is -2.80. The van der Waals surface area contributed by atoms with Crippen LogP contribution in [0.5, 0.6) is 5.75 Å². The molecular weight excluding hydrogens is 396 g/mol. The van der Waals surface area contributed by atoms with Crippen molar-refractivity contribution in [1.29, 1.82) is 0 Å². The van der Waals surface area contributed by atoms with E-state index in [1.807, 2.05) is 73.4 Å². The van der Waals surface area contributed by atoms with Gasteiger partial charge in [-0.1, -0.05) is 30.0 Å². The maximum Gasteiger partial charge on any atom is 0.415 e. The van der Waals surface area contributed by atoms with Crippen molar-refractivity contribution < 1.29 is 9.53 Å². The number of pyridine rings is 1. The van der Waals surface area contributed by atoms with Crippen LogP contribution >= 0.6 is 11.8 Å². The molecule has 1 aliphatic rings. The number of hydrogen-bond acceptors (Lipinski definition) is 5. The number of nitrogens with zero attached hydrogens (tertiary/aromatic N) is 4. The van der Waals surface area contributed by atoms with Crippen molar-refractivity contribution >= 4 is 17.9 Å². The Bertz CT molecular complexity index is 994. The highest BCUT2D eigenvalue weighted by Crippen LogP contribution is 2.29. The van der Waals surface area contributed by atoms with E-state index in [2.05, 4.69) is 9.97 Å². The first-order valence-electron chi connectivity index (χ1n) is 10.2. The number of carbonyl (C=O) groups is 1. The highest BCUT2D eigenvalue weighted by atomic mass is 32.2. The molecule has 30 heavy (non-hydrogen) atoms. The van der Waals surface area contributed by atoms with E-state index in [0.717, 1.165) is 41.4 Å². The number of piperidine rings is 1. The predicted molar refractivity (Wildman–Crippen MR) is 118 cm³/mol. The molecular formula is C23H26N4O2S. The lowest BCUT2D eigenvalue weighted by Crippen LogP contribution is -2.40. The number of rotatable bonds is 5. The summed E-state index contributed by atoms with van der Waals surface area (Å²) in [5, 5.41) is 1.50. The molecule has 1 saturated heterocycles. The SMILES string of the molecule is Cc1cccc(Cc2ccc(OC(=O)N3CCC(Sc4nccn4C)CC3)cc2)n1. The van der Waals surface area contributed by atoms with Gasteiger partial charge in [-0.25, -0.2) is 9.78 Å². The third kappa shape index (κ3) is 5.21. The highest BCUT2D eigenvalue weighted by molar-refractivity contribution is 7.99. The van der Waals surface area contributed by atoms with Gasteiger partial charge in [-0.05, 0) is 49.6 Å². The minimum atomic E-state index is -0.274. The second kappa shape index (κ2) is 9.34. The molecule has 7 heteroatoms. The molecule has 1 aromatic carbocycles. The molecule has 0 aliphatic carbocycles. The summed E-state index contributed by atoms with van der Waals surface area (Å²) in [6, 6.07) is 13.7. The van der Waals surface area contributed by atoms with Crippen molar-refractivity contribution in [2.45, 2.75) is 36.6 Å². The number of thioether (sulfide) groups is 1. The molecule has 0 bridgehead atoms. The van der Waals surface area contributed by atoms with E-state index in [1.54, 1.807) is 16.7 Å². The van der Waals surface area contributed by atoms with Gasteiger partial charge in [0.1, 0.15) is 5.75 Å². The summed E-state index contributed by atoms with van der Waals surface area (Å²) in [6.45, 7) is 3.40. The molecule has 156 valence electrons. The van der Waals surface area contributed by atoms with Gasteiger partial charge in [0.15, 0.2) is 5.16 Å². The van der Waals surface area contributed by atoms with E-state index in [9.17, 15) is 4.79 Å². The van der Waals surface area contributed by atoms with Crippen LogP contribution < -0.4 is 4.74 Å². The van der Waals surface area contributed by atoms with Crippen LogP contribution in [0.15, 0.2) is 60.0 Å². The Morgan fingerprint density at radius 1 is 1.17 bits per heavy atom. The van der Waals surface area contributed by atoms with Crippen LogP contribution in [0, 0.1) is 6.92 Å². The Balaban J connectivity index is 1.26. The van der Waals surface area contributed by atoms with Crippen molar-refractivity contribution in [3.63, 3.8) is 0 Å². The van der Waals surface area contributed by atoms with Gasteiger partial charge in [-0.2, -0.15) is 0 Å². The lowest BCUT2D eigenvalue weighted by atomic mass is 10.1. The van der Waals surface area contributed by atoms with Crippen LogP contribution in [0.2, 0.25) is 0 Å². The van der Waals surface area contributed by atoms with Gasteiger partial charge < -0.3 is 14.2 Å². The van der Waals surface area contributed by atoms with Crippen LogP contribution in [0.1, 0.15) is 29.8 Å². The molecule has 1 aliphatic heterocycles. The molecule has 0 unspecified atom stereocenters. The topological polar surface area (TPSA) is 60.2 Å². The minimum absolute atomic E-state index is 0.274. The van der Waals surface area contributed by atoms with Crippen LogP contribution in [0.4, 0.5) is 4.79 Å². The number of imidazole rings is 1. The zero-order valence-electron chi connectivity index (χ0n) is 17.3. The summed E-state index contributed by atoms with van der Waals surface area (Å²) >= 11 is 1.79. The summed E-state index contributed by atoms with van der Waals surface area (Å²) in [4.78, 5) is 23.2. The maximum atomic E-state index is 12.5. The standard InChI is InChI=1S/C23H26N4O2S/c1-17-4-3-5-19(25-17)16-18-6-8-20(9-7-18)29-23(28)27-13-10-21(11-14-27)30-22-24-12-15-26(22)2/h3-9,12,15,21H,10-11,13-14,16H2,1-2H3. The van der Waals surface area contributed by atoms with Crippen molar-refractivity contribution in [1.82, 2.24) is 19.4 Å². The van der Waals surface area contributed by atoms with Crippen LogP contribution in [0.25, 0.3) is 0 Å². The van der Waals surface area contributed by atoms with E-state index in [4.69, 9.17) is 4.74 Å². The average Bonchev–Trinajstić information content (AvgIpc) is 3.14. The lowest BCUT2D eigenvalue weighted by molar-refractivity contribution is 0.143. The van der Waals surface area contributed by atoms with Gasteiger partial charge in [-0.15, -0.1) is 0 Å². The second-order valence-corrected chi connectivity index (χ2v) is 8.85. The smallest absolute Gasteiger partial charge is 0.410 e. The number of carbonyl (C=O) groups excluding carboxylic acids is 1. The molecule has 6 nitrogen and oxygen atoms in total. The number of aryl methyl sites for hydroxylation is 2. The van der Waals surface area contributed by atoms with Crippen molar-refractivity contribution in [2.24, 2.45) is 7.05 Å². The molecule has 0 N–H and O–H groups in total. The lowest BCUT2D eigenvalue weighted by Gasteiger charge is -2.30. The summed E-state index contributed by atoms with van der Waals surface area (Å²) < 4.78 is 7.62. The van der Waals surface area contributed by atoms with Crippen molar-refractivity contribution in [3.8, 4) is 5.75 Å². The van der Waals surface area contributed by atoms with Gasteiger partial charge >= 0.3 is 6.09 Å². The van der Waals surface area contributed by atoms with Gasteiger partial charge in [0, 0.05) is 55.6 Å². The van der Waals surface area contributed by atoms with E-state index in [0.29, 0.717) is 24.1 Å². The van der Waals surface area contributed by atoms with E-state index in [1.165, 1.54) is 0 Å². The summed E-state index contributed by atoms with van der Waals surface area (Å²) in [5.74, 6) is 0.575. The molecule has 0 spiro atoms. The van der Waals surface area contributed by atoms with Gasteiger partial charge in [0.25, 0.3) is 0 Å². The number of benzene rings is 1. The first-order valence-corrected chi connectivity index (χ1v) is 11.1. The monoisotopic (exact) mass is 422 g/mol. The second-order valence-electron chi connectivity index (χ2n) is 7.58. The van der Waals surface area contributed by atoms with Crippen molar-refractivity contribution in [2.75, 3.05) is 13.1 Å². The van der Waals surface area contributed by atoms with E-state index < -0.39 is 0 Å². The number of ether oxygens (including phenoxy) is 1. The average molecular weight is 423 g/mol. The Morgan fingerprint density at radius 2 is 1.93 bits per heavy atom. The summed E-state index contributed by atoms with van der Waals surface area (Å²) in [5.41, 5.74) is 3.19. The Labute approximate surface area is 181 Å². The van der Waals surface area contributed by atoms with Gasteiger partial charge in [-0.3, -0.25) is 4.98 Å². The van der Waals surface area contributed by atoms with E-state index in [-0.39, 0.29) is 6.09 Å². The maximum absolute atomic E-state index is 12.5. The number of aromatic nitrogens is 3. The summed E-state index contributed by atoms with van der Waals surface area (Å²) in [7, 11) is 2.00. The quantitative estimate of drug-likeness (QED) is 0.607. The Kier molecular flexibility index (Phi) is 6.38. The Morgan fingerprint density at radius 3 is 2.60 bits per heavy atom. The molecule has 3 aromatic rings. The molecule has 1 amide bonds. The first kappa shape index (κ1) is 20.5.